The molecular weight excluding hydrogens is 388 g/mol. The second-order valence-corrected chi connectivity index (χ2v) is 6.20. The lowest BCUT2D eigenvalue weighted by Gasteiger charge is -2.07. The minimum atomic E-state index is -2.94. The minimum absolute atomic E-state index is 0.235. The van der Waals surface area contributed by atoms with Crippen molar-refractivity contribution in [1.29, 1.82) is 0 Å². The molecule has 0 atom stereocenters. The molecule has 4 rings (SSSR count). The number of aromatic nitrogens is 5. The van der Waals surface area contributed by atoms with E-state index in [9.17, 15) is 17.6 Å². The van der Waals surface area contributed by atoms with Gasteiger partial charge in [-0.1, -0.05) is 23.4 Å². The molecule has 2 N–H and O–H groups in total. The van der Waals surface area contributed by atoms with Gasteiger partial charge in [0.2, 0.25) is 0 Å². The molecule has 0 spiro atoms. The number of anilines is 1. The quantitative estimate of drug-likeness (QED) is 0.392. The van der Waals surface area contributed by atoms with Gasteiger partial charge in [-0.25, -0.2) is 26.9 Å². The molecule has 2 aromatic carbocycles. The van der Waals surface area contributed by atoms with E-state index in [0.717, 1.165) is 10.4 Å². The summed E-state index contributed by atoms with van der Waals surface area (Å²) in [6.45, 7) is 0. The predicted molar refractivity (Wildman–Crippen MR) is 98.2 cm³/mol. The van der Waals surface area contributed by atoms with Crippen molar-refractivity contribution >= 4 is 5.69 Å². The summed E-state index contributed by atoms with van der Waals surface area (Å²) in [6.07, 6.45) is -4.18. The zero-order valence-corrected chi connectivity index (χ0v) is 14.8. The number of nitrogens with two attached hydrogens (primary N) is 1. The first-order chi connectivity index (χ1) is 13.9. The van der Waals surface area contributed by atoms with Crippen LogP contribution in [0.1, 0.15) is 24.2 Å². The molecule has 0 amide bonds. The first-order valence-corrected chi connectivity index (χ1v) is 8.47. The highest BCUT2D eigenvalue weighted by molar-refractivity contribution is 5.60. The summed E-state index contributed by atoms with van der Waals surface area (Å²) < 4.78 is 54.4. The smallest absolute Gasteiger partial charge is 0.282 e. The number of hydrogen-bond acceptors (Lipinski definition) is 4. The Morgan fingerprint density at radius 2 is 1.62 bits per heavy atom. The Morgan fingerprint density at radius 3 is 2.28 bits per heavy atom. The van der Waals surface area contributed by atoms with Gasteiger partial charge in [0.25, 0.3) is 12.9 Å². The van der Waals surface area contributed by atoms with Crippen LogP contribution in [0.25, 0.3) is 22.6 Å². The summed E-state index contributed by atoms with van der Waals surface area (Å²) in [4.78, 5) is 0. The fourth-order valence-corrected chi connectivity index (χ4v) is 2.85. The van der Waals surface area contributed by atoms with E-state index < -0.39 is 24.2 Å². The van der Waals surface area contributed by atoms with Crippen LogP contribution in [-0.2, 0) is 0 Å². The maximum Gasteiger partial charge on any atom is 0.282 e. The first-order valence-electron chi connectivity index (χ1n) is 8.47. The van der Waals surface area contributed by atoms with Gasteiger partial charge in [0.1, 0.15) is 17.1 Å². The predicted octanol–water partition coefficient (Wildman–Crippen LogP) is 4.58. The van der Waals surface area contributed by atoms with Crippen LogP contribution in [0, 0.1) is 0 Å². The Hall–Kier alpha value is -3.69. The molecule has 4 aromatic rings. The number of nitrogens with zero attached hydrogens (tertiary/aromatic N) is 5. The van der Waals surface area contributed by atoms with Crippen molar-refractivity contribution in [3.8, 4) is 22.6 Å². The highest BCUT2D eigenvalue weighted by Crippen LogP contribution is 2.28. The maximum atomic E-state index is 13.2. The molecule has 0 saturated carbocycles. The number of halogens is 4. The third kappa shape index (κ3) is 3.68. The lowest BCUT2D eigenvalue weighted by molar-refractivity contribution is 0.142. The van der Waals surface area contributed by atoms with Crippen LogP contribution in [0.15, 0.2) is 60.8 Å². The van der Waals surface area contributed by atoms with Crippen molar-refractivity contribution in [2.45, 2.75) is 12.9 Å². The van der Waals surface area contributed by atoms with Crippen molar-refractivity contribution in [3.05, 3.63) is 72.2 Å². The summed E-state index contributed by atoms with van der Waals surface area (Å²) in [6, 6.07) is 14.1. The van der Waals surface area contributed by atoms with Crippen molar-refractivity contribution in [2.24, 2.45) is 0 Å². The normalized spacial score (nSPS) is 11.5. The van der Waals surface area contributed by atoms with Gasteiger partial charge in [-0.05, 0) is 36.4 Å². The summed E-state index contributed by atoms with van der Waals surface area (Å²) in [5, 5.41) is 11.8. The molecule has 0 bridgehead atoms. The summed E-state index contributed by atoms with van der Waals surface area (Å²) >= 11 is 0. The number of alkyl halides is 4. The molecule has 0 radical (unpaired) electrons. The van der Waals surface area contributed by atoms with Crippen molar-refractivity contribution in [3.63, 3.8) is 0 Å². The molecule has 2 aromatic heterocycles. The molecule has 6 nitrogen and oxygen atoms in total. The van der Waals surface area contributed by atoms with Gasteiger partial charge in [0, 0.05) is 11.3 Å². The van der Waals surface area contributed by atoms with Crippen LogP contribution in [-0.4, -0.2) is 24.8 Å². The van der Waals surface area contributed by atoms with Gasteiger partial charge in [-0.2, -0.15) is 5.10 Å². The summed E-state index contributed by atoms with van der Waals surface area (Å²) in [7, 11) is 0. The zero-order chi connectivity index (χ0) is 20.5. The van der Waals surface area contributed by atoms with E-state index in [1.54, 1.807) is 41.2 Å². The van der Waals surface area contributed by atoms with Crippen LogP contribution in [0.5, 0.6) is 0 Å². The SMILES string of the molecule is Nc1cccc(-n2cc(-c3ccc(-n4nc(C(F)F)cc4C(F)F)cc3)nn2)c1. The van der Waals surface area contributed by atoms with Gasteiger partial charge in [0.05, 0.1) is 17.6 Å². The van der Waals surface area contributed by atoms with E-state index in [-0.39, 0.29) is 5.69 Å². The highest BCUT2D eigenvalue weighted by atomic mass is 19.3. The Kier molecular flexibility index (Phi) is 4.75. The Labute approximate surface area is 162 Å². The van der Waals surface area contributed by atoms with E-state index in [1.807, 2.05) is 6.07 Å². The number of rotatable bonds is 5. The fourth-order valence-electron chi connectivity index (χ4n) is 2.85. The fraction of sp³-hybridized carbons (Fsp3) is 0.105. The third-order valence-electron chi connectivity index (χ3n) is 4.24. The van der Waals surface area contributed by atoms with Crippen LogP contribution in [0.4, 0.5) is 23.2 Å². The second-order valence-electron chi connectivity index (χ2n) is 6.20. The molecule has 29 heavy (non-hydrogen) atoms. The molecular formula is C19H14F4N6. The standard InChI is InChI=1S/C19H14F4N6/c20-18(21)15-9-17(19(22)23)29(26-15)13-6-4-11(5-7-13)16-10-28(27-25-16)14-3-1-2-12(24)8-14/h1-10,18-19H,24H2. The van der Waals surface area contributed by atoms with Crippen LogP contribution in [0.3, 0.4) is 0 Å². The van der Waals surface area contributed by atoms with Crippen molar-refractivity contribution < 1.29 is 17.6 Å². The molecule has 0 aliphatic heterocycles. The number of benzene rings is 2. The van der Waals surface area contributed by atoms with Gasteiger partial charge >= 0.3 is 0 Å². The molecule has 0 aliphatic rings. The van der Waals surface area contributed by atoms with Crippen molar-refractivity contribution in [1.82, 2.24) is 24.8 Å². The minimum Gasteiger partial charge on any atom is -0.399 e. The topological polar surface area (TPSA) is 74.5 Å². The van der Waals surface area contributed by atoms with E-state index in [2.05, 4.69) is 15.4 Å². The van der Waals surface area contributed by atoms with E-state index in [4.69, 9.17) is 5.73 Å². The van der Waals surface area contributed by atoms with E-state index >= 15 is 0 Å². The second kappa shape index (κ2) is 7.38. The molecule has 0 fully saturated rings. The molecule has 0 saturated heterocycles. The summed E-state index contributed by atoms with van der Waals surface area (Å²) in [5.74, 6) is 0. The number of nitrogen functional groups attached to an aromatic ring is 1. The highest BCUT2D eigenvalue weighted by Gasteiger charge is 2.22. The monoisotopic (exact) mass is 402 g/mol. The third-order valence-corrected chi connectivity index (χ3v) is 4.24. The average molecular weight is 402 g/mol. The Morgan fingerprint density at radius 1 is 0.862 bits per heavy atom. The Bertz CT molecular complexity index is 1130. The van der Waals surface area contributed by atoms with Gasteiger partial charge < -0.3 is 5.73 Å². The molecule has 10 heteroatoms. The molecule has 0 aliphatic carbocycles. The van der Waals surface area contributed by atoms with E-state index in [0.29, 0.717) is 23.0 Å². The maximum absolute atomic E-state index is 13.2. The average Bonchev–Trinajstić information content (AvgIpc) is 3.36. The van der Waals surface area contributed by atoms with Crippen molar-refractivity contribution in [2.75, 3.05) is 5.73 Å². The van der Waals surface area contributed by atoms with Gasteiger partial charge in [-0.15, -0.1) is 5.10 Å². The molecule has 148 valence electrons. The van der Waals surface area contributed by atoms with Crippen LogP contribution in [0.2, 0.25) is 0 Å². The summed E-state index contributed by atoms with van der Waals surface area (Å²) in [5.41, 5.74) is 7.24. The number of hydrogen-bond donors (Lipinski definition) is 1. The zero-order valence-electron chi connectivity index (χ0n) is 14.8. The lowest BCUT2D eigenvalue weighted by Crippen LogP contribution is -2.02. The van der Waals surface area contributed by atoms with Gasteiger partial charge in [0.15, 0.2) is 0 Å². The van der Waals surface area contributed by atoms with Crippen LogP contribution >= 0.6 is 0 Å². The molecule has 0 unspecified atom stereocenters. The largest absolute Gasteiger partial charge is 0.399 e. The van der Waals surface area contributed by atoms with E-state index in [1.165, 1.54) is 12.1 Å². The lowest BCUT2D eigenvalue weighted by atomic mass is 10.1. The van der Waals surface area contributed by atoms with Crippen LogP contribution < -0.4 is 5.73 Å². The first kappa shape index (κ1) is 18.7. The van der Waals surface area contributed by atoms with Gasteiger partial charge in [-0.3, -0.25) is 0 Å². The molecule has 2 heterocycles. The Balaban J connectivity index is 1.64.